The standard InChI is InChI=1S/C22H27F6N3O2/c1-20(2,13-30(3)4)14-31(19(32)22(26,27)28)11-5-6-16-12-29-33-18(16)15-7-9-17(10-8-15)21(23,24)25/h7-10,12H,5-6,11,13-14H2,1-4H3. The quantitative estimate of drug-likeness (QED) is 0.460. The van der Waals surface area contributed by atoms with Crippen molar-refractivity contribution in [2.75, 3.05) is 33.7 Å². The fourth-order valence-corrected chi connectivity index (χ4v) is 3.80. The number of hydrogen-bond acceptors (Lipinski definition) is 4. The third-order valence-electron chi connectivity index (χ3n) is 4.89. The molecule has 1 aromatic carbocycles. The van der Waals surface area contributed by atoms with Crippen molar-refractivity contribution in [2.45, 2.75) is 39.0 Å². The van der Waals surface area contributed by atoms with E-state index >= 15 is 0 Å². The minimum atomic E-state index is -4.99. The Morgan fingerprint density at radius 1 is 1.00 bits per heavy atom. The summed E-state index contributed by atoms with van der Waals surface area (Å²) in [6.45, 7) is 3.82. The van der Waals surface area contributed by atoms with Crippen molar-refractivity contribution < 1.29 is 35.7 Å². The smallest absolute Gasteiger partial charge is 0.356 e. The third-order valence-corrected chi connectivity index (χ3v) is 4.89. The molecule has 184 valence electrons. The summed E-state index contributed by atoms with van der Waals surface area (Å²) in [5.41, 5.74) is -0.492. The molecule has 1 aromatic heterocycles. The van der Waals surface area contributed by atoms with Crippen LogP contribution < -0.4 is 0 Å². The molecule has 0 atom stereocenters. The van der Waals surface area contributed by atoms with Gasteiger partial charge in [-0.1, -0.05) is 31.1 Å². The van der Waals surface area contributed by atoms with Crippen LogP contribution in [0.25, 0.3) is 11.3 Å². The number of amides is 1. The van der Waals surface area contributed by atoms with E-state index in [1.165, 1.54) is 18.3 Å². The van der Waals surface area contributed by atoms with Crippen LogP contribution in [0, 0.1) is 5.41 Å². The van der Waals surface area contributed by atoms with Crippen molar-refractivity contribution in [3.63, 3.8) is 0 Å². The van der Waals surface area contributed by atoms with Crippen LogP contribution in [-0.4, -0.2) is 60.8 Å². The summed E-state index contributed by atoms with van der Waals surface area (Å²) < 4.78 is 82.9. The maximum atomic E-state index is 13.1. The van der Waals surface area contributed by atoms with Gasteiger partial charge >= 0.3 is 18.3 Å². The Labute approximate surface area is 188 Å². The summed E-state index contributed by atoms with van der Waals surface area (Å²) in [5, 5.41) is 3.67. The zero-order valence-electron chi connectivity index (χ0n) is 18.8. The van der Waals surface area contributed by atoms with E-state index < -0.39 is 29.2 Å². The van der Waals surface area contributed by atoms with Gasteiger partial charge in [-0.25, -0.2) is 0 Å². The van der Waals surface area contributed by atoms with Gasteiger partial charge in [0.05, 0.1) is 11.8 Å². The van der Waals surface area contributed by atoms with Crippen LogP contribution >= 0.6 is 0 Å². The number of benzene rings is 1. The maximum absolute atomic E-state index is 13.1. The van der Waals surface area contributed by atoms with Crippen molar-refractivity contribution in [1.82, 2.24) is 15.0 Å². The summed E-state index contributed by atoms with van der Waals surface area (Å²) >= 11 is 0. The number of hydrogen-bond donors (Lipinski definition) is 0. The summed E-state index contributed by atoms with van der Waals surface area (Å²) in [4.78, 5) is 14.6. The van der Waals surface area contributed by atoms with Crippen LogP contribution in [0.3, 0.4) is 0 Å². The predicted octanol–water partition coefficient (Wildman–Crippen LogP) is 5.27. The highest BCUT2D eigenvalue weighted by molar-refractivity contribution is 5.81. The lowest BCUT2D eigenvalue weighted by atomic mass is 9.92. The second kappa shape index (κ2) is 10.1. The third kappa shape index (κ3) is 7.76. The molecule has 2 rings (SSSR count). The second-order valence-electron chi connectivity index (χ2n) is 8.99. The average Bonchev–Trinajstić information content (AvgIpc) is 3.12. The van der Waals surface area contributed by atoms with E-state index in [0.29, 0.717) is 17.7 Å². The number of aryl methyl sites for hydroxylation is 1. The first-order valence-electron chi connectivity index (χ1n) is 10.2. The van der Waals surface area contributed by atoms with Gasteiger partial charge in [-0.2, -0.15) is 26.3 Å². The maximum Gasteiger partial charge on any atom is 0.471 e. The molecule has 2 aromatic rings. The van der Waals surface area contributed by atoms with Gasteiger partial charge in [0.2, 0.25) is 0 Å². The highest BCUT2D eigenvalue weighted by atomic mass is 19.4. The first kappa shape index (κ1) is 26.7. The minimum absolute atomic E-state index is 0.0844. The Balaban J connectivity index is 2.11. The number of halogens is 6. The molecule has 11 heteroatoms. The highest BCUT2D eigenvalue weighted by Crippen LogP contribution is 2.32. The number of alkyl halides is 6. The van der Waals surface area contributed by atoms with E-state index in [4.69, 9.17) is 4.52 Å². The molecule has 0 N–H and O–H groups in total. The zero-order chi connectivity index (χ0) is 25.0. The van der Waals surface area contributed by atoms with E-state index in [2.05, 4.69) is 5.16 Å². The molecule has 0 saturated carbocycles. The highest BCUT2D eigenvalue weighted by Gasteiger charge is 2.43. The van der Waals surface area contributed by atoms with E-state index in [0.717, 1.165) is 17.0 Å². The molecule has 0 radical (unpaired) electrons. The van der Waals surface area contributed by atoms with Gasteiger partial charge in [-0.15, -0.1) is 0 Å². The number of aromatic nitrogens is 1. The summed E-state index contributed by atoms with van der Waals surface area (Å²) in [7, 11) is 3.60. The number of carbonyl (C=O) groups is 1. The number of carbonyl (C=O) groups excluding carboxylic acids is 1. The van der Waals surface area contributed by atoms with Gasteiger partial charge in [0.25, 0.3) is 0 Å². The van der Waals surface area contributed by atoms with Crippen LogP contribution in [0.1, 0.15) is 31.4 Å². The summed E-state index contributed by atoms with van der Waals surface area (Å²) in [5.74, 6) is -1.66. The van der Waals surface area contributed by atoms with Gasteiger partial charge in [-0.05, 0) is 44.5 Å². The Bertz CT molecular complexity index is 917. The van der Waals surface area contributed by atoms with Crippen LogP contribution in [-0.2, 0) is 17.4 Å². The van der Waals surface area contributed by atoms with Crippen LogP contribution in [0.5, 0.6) is 0 Å². The molecule has 0 fully saturated rings. The van der Waals surface area contributed by atoms with Crippen molar-refractivity contribution in [3.8, 4) is 11.3 Å². The molecule has 1 heterocycles. The fourth-order valence-electron chi connectivity index (χ4n) is 3.80. The van der Waals surface area contributed by atoms with Gasteiger partial charge in [0.15, 0.2) is 5.76 Å². The molecule has 0 spiro atoms. The molecule has 0 bridgehead atoms. The second-order valence-corrected chi connectivity index (χ2v) is 8.99. The molecule has 0 aliphatic rings. The molecule has 0 saturated heterocycles. The molecule has 0 unspecified atom stereocenters. The van der Waals surface area contributed by atoms with Gasteiger partial charge in [0.1, 0.15) is 0 Å². The molecule has 1 amide bonds. The van der Waals surface area contributed by atoms with E-state index in [1.807, 2.05) is 4.90 Å². The zero-order valence-corrected chi connectivity index (χ0v) is 18.8. The van der Waals surface area contributed by atoms with Gasteiger partial charge < -0.3 is 14.3 Å². The van der Waals surface area contributed by atoms with Crippen LogP contribution in [0.2, 0.25) is 0 Å². The number of rotatable bonds is 9. The molecule has 0 aliphatic carbocycles. The van der Waals surface area contributed by atoms with Crippen LogP contribution in [0.15, 0.2) is 35.0 Å². The lowest BCUT2D eigenvalue weighted by molar-refractivity contribution is -0.186. The number of nitrogens with zero attached hydrogens (tertiary/aromatic N) is 3. The Hall–Kier alpha value is -2.56. The average molecular weight is 479 g/mol. The predicted molar refractivity (Wildman–Crippen MR) is 110 cm³/mol. The largest absolute Gasteiger partial charge is 0.471 e. The van der Waals surface area contributed by atoms with Crippen molar-refractivity contribution >= 4 is 5.91 Å². The molecular formula is C22H27F6N3O2. The van der Waals surface area contributed by atoms with E-state index in [9.17, 15) is 31.1 Å². The van der Waals surface area contributed by atoms with Crippen LogP contribution in [0.4, 0.5) is 26.3 Å². The van der Waals surface area contributed by atoms with Crippen molar-refractivity contribution in [3.05, 3.63) is 41.6 Å². The molecule has 0 aliphatic heterocycles. The normalized spacial score (nSPS) is 12.9. The minimum Gasteiger partial charge on any atom is -0.356 e. The monoisotopic (exact) mass is 479 g/mol. The molecule has 33 heavy (non-hydrogen) atoms. The van der Waals surface area contributed by atoms with Gasteiger partial charge in [-0.3, -0.25) is 4.79 Å². The first-order chi connectivity index (χ1) is 15.1. The lowest BCUT2D eigenvalue weighted by Crippen LogP contribution is -2.48. The van der Waals surface area contributed by atoms with Gasteiger partial charge in [0, 0.05) is 30.8 Å². The fraction of sp³-hybridized carbons (Fsp3) is 0.545. The summed E-state index contributed by atoms with van der Waals surface area (Å²) in [6.07, 6.45) is -7.67. The Kier molecular flexibility index (Phi) is 8.21. The molecular weight excluding hydrogens is 452 g/mol. The first-order valence-corrected chi connectivity index (χ1v) is 10.2. The van der Waals surface area contributed by atoms with E-state index in [1.54, 1.807) is 27.9 Å². The summed E-state index contributed by atoms with van der Waals surface area (Å²) in [6, 6.07) is 4.32. The molecule has 5 nitrogen and oxygen atoms in total. The Morgan fingerprint density at radius 2 is 1.61 bits per heavy atom. The van der Waals surface area contributed by atoms with E-state index in [-0.39, 0.29) is 31.7 Å². The SMILES string of the molecule is CN(C)CC(C)(C)CN(CCCc1cnoc1-c1ccc(C(F)(F)F)cc1)C(=O)C(F)(F)F. The Morgan fingerprint density at radius 3 is 2.12 bits per heavy atom. The van der Waals surface area contributed by atoms with Crippen molar-refractivity contribution in [1.29, 1.82) is 0 Å². The lowest BCUT2D eigenvalue weighted by Gasteiger charge is -2.35. The van der Waals surface area contributed by atoms with Crippen molar-refractivity contribution in [2.24, 2.45) is 5.41 Å². The topological polar surface area (TPSA) is 49.6 Å².